The first-order chi connectivity index (χ1) is 18.3. The molecule has 194 valence electrons. The van der Waals surface area contributed by atoms with Gasteiger partial charge in [0, 0.05) is 41.8 Å². The van der Waals surface area contributed by atoms with E-state index in [1.807, 2.05) is 0 Å². The number of urea groups is 1. The Morgan fingerprint density at radius 3 is 2.41 bits per heavy atom. The van der Waals surface area contributed by atoms with Crippen LogP contribution in [0.4, 0.5) is 40.8 Å². The summed E-state index contributed by atoms with van der Waals surface area (Å²) in [5.41, 5.74) is 8.69. The number of anilines is 4. The van der Waals surface area contributed by atoms with Gasteiger partial charge in [-0.3, -0.25) is 9.89 Å². The number of hydrogen-bond donors (Lipinski definition) is 1. The van der Waals surface area contributed by atoms with Crippen molar-refractivity contribution in [1.82, 2.24) is 4.98 Å². The zero-order chi connectivity index (χ0) is 28.4. The highest BCUT2D eigenvalue weighted by molar-refractivity contribution is 6.58. The Bertz CT molecular complexity index is 1380. The van der Waals surface area contributed by atoms with Crippen molar-refractivity contribution in [2.45, 2.75) is 24.4 Å². The average Bonchev–Trinajstić information content (AvgIpc) is 2.84. The van der Waals surface area contributed by atoms with E-state index < -0.39 is 30.5 Å². The van der Waals surface area contributed by atoms with Gasteiger partial charge < -0.3 is 15.2 Å². The molecule has 14 heteroatoms. The van der Waals surface area contributed by atoms with Crippen molar-refractivity contribution in [2.75, 3.05) is 29.2 Å². The lowest BCUT2D eigenvalue weighted by molar-refractivity contribution is -0.139. The zero-order valence-electron chi connectivity index (χ0n) is 20.9. The van der Waals surface area contributed by atoms with E-state index in [4.69, 9.17) is 38.7 Å². The van der Waals surface area contributed by atoms with Crippen LogP contribution in [0, 0.1) is 0 Å². The maximum atomic E-state index is 13.9. The second-order valence-electron chi connectivity index (χ2n) is 8.70. The number of ether oxygens (including phenoxy) is 2. The minimum absolute atomic E-state index is 0.0580. The number of aromatic nitrogens is 1. The second kappa shape index (κ2) is 11.0. The fraction of sp³-hybridized carbons (Fsp3) is 0.240. The van der Waals surface area contributed by atoms with Gasteiger partial charge in [0.25, 0.3) is 0 Å². The summed E-state index contributed by atoms with van der Waals surface area (Å²) in [6.45, 7) is -0.488. The molecule has 0 unspecified atom stereocenters. The Morgan fingerprint density at radius 1 is 1.08 bits per heavy atom. The van der Waals surface area contributed by atoms with Gasteiger partial charge in [-0.05, 0) is 53.8 Å². The number of pyridine rings is 1. The van der Waals surface area contributed by atoms with Crippen LogP contribution in [0.15, 0.2) is 59.6 Å². The number of alkyl halides is 3. The number of rotatable bonds is 8. The molecule has 0 bridgehead atoms. The van der Waals surface area contributed by atoms with Crippen LogP contribution in [-0.4, -0.2) is 65.9 Å². The lowest BCUT2D eigenvalue weighted by Gasteiger charge is -2.36. The summed E-state index contributed by atoms with van der Waals surface area (Å²) < 4.78 is 48.3. The van der Waals surface area contributed by atoms with Gasteiger partial charge in [0.1, 0.15) is 35.1 Å². The highest BCUT2D eigenvalue weighted by Gasteiger charge is 2.34. The number of benzene rings is 2. The van der Waals surface area contributed by atoms with Gasteiger partial charge in [-0.1, -0.05) is 0 Å². The molecule has 2 amide bonds. The van der Waals surface area contributed by atoms with Gasteiger partial charge in [0.15, 0.2) is 0 Å². The molecule has 8 nitrogen and oxygen atoms in total. The van der Waals surface area contributed by atoms with Gasteiger partial charge in [0.05, 0.1) is 25.3 Å². The topological polar surface area (TPSA) is 93.3 Å². The van der Waals surface area contributed by atoms with Crippen molar-refractivity contribution in [2.24, 2.45) is 4.99 Å². The lowest BCUT2D eigenvalue weighted by atomic mass is 9.52. The van der Waals surface area contributed by atoms with Crippen molar-refractivity contribution >= 4 is 58.7 Å². The number of halogens is 3. The molecule has 3 aromatic rings. The molecule has 1 aliphatic rings. The van der Waals surface area contributed by atoms with E-state index >= 15 is 0 Å². The lowest BCUT2D eigenvalue weighted by Crippen LogP contribution is -2.45. The van der Waals surface area contributed by atoms with E-state index in [0.717, 1.165) is 0 Å². The maximum Gasteiger partial charge on any atom is 0.392 e. The summed E-state index contributed by atoms with van der Waals surface area (Å²) in [5, 5.41) is -1.91. The highest BCUT2D eigenvalue weighted by Crippen LogP contribution is 2.38. The Hall–Kier alpha value is -4.09. The summed E-state index contributed by atoms with van der Waals surface area (Å²) in [7, 11) is 18.1. The smallest absolute Gasteiger partial charge is 0.392 e. The molecule has 2 heterocycles. The van der Waals surface area contributed by atoms with E-state index in [0.29, 0.717) is 28.2 Å². The predicted molar refractivity (Wildman–Crippen MR) is 146 cm³/mol. The van der Waals surface area contributed by atoms with Crippen molar-refractivity contribution in [3.8, 4) is 11.6 Å². The van der Waals surface area contributed by atoms with Crippen LogP contribution >= 0.6 is 0 Å². The van der Waals surface area contributed by atoms with Crippen LogP contribution in [0.1, 0.15) is 17.5 Å². The van der Waals surface area contributed by atoms with Crippen LogP contribution in [0.25, 0.3) is 0 Å². The molecule has 0 saturated heterocycles. The van der Waals surface area contributed by atoms with E-state index in [2.05, 4.69) is 9.98 Å². The quantitative estimate of drug-likeness (QED) is 0.273. The normalized spacial score (nSPS) is 14.0. The Kier molecular flexibility index (Phi) is 7.85. The van der Waals surface area contributed by atoms with Crippen molar-refractivity contribution in [3.05, 3.63) is 65.7 Å². The molecule has 4 rings (SSSR count). The molecule has 0 atom stereocenters. The third-order valence-corrected chi connectivity index (χ3v) is 5.57. The van der Waals surface area contributed by atoms with E-state index in [9.17, 15) is 18.0 Å². The molecule has 0 saturated carbocycles. The highest BCUT2D eigenvalue weighted by atomic mass is 19.4. The molecule has 39 heavy (non-hydrogen) atoms. The van der Waals surface area contributed by atoms with E-state index in [-0.39, 0.29) is 24.0 Å². The molecular weight excluding hydrogens is 508 g/mol. The first-order valence-corrected chi connectivity index (χ1v) is 11.6. The van der Waals surface area contributed by atoms with Crippen LogP contribution in [0.2, 0.25) is 0 Å². The first kappa shape index (κ1) is 27.9. The number of nitrogens with zero attached hydrogens (tertiary/aromatic N) is 4. The first-order valence-electron chi connectivity index (χ1n) is 11.6. The number of carbonyl (C=O) groups is 1. The predicted octanol–water partition coefficient (Wildman–Crippen LogP) is 3.82. The van der Waals surface area contributed by atoms with Gasteiger partial charge in [-0.2, -0.15) is 18.2 Å². The summed E-state index contributed by atoms with van der Waals surface area (Å²) in [5.74, 6) is 0.385. The average molecular weight is 529 g/mol. The monoisotopic (exact) mass is 529 g/mol. The van der Waals surface area contributed by atoms with E-state index in [1.165, 1.54) is 28.0 Å². The number of aliphatic imine (C=N–C) groups is 1. The Balaban J connectivity index is 1.74. The third-order valence-electron chi connectivity index (χ3n) is 5.57. The summed E-state index contributed by atoms with van der Waals surface area (Å²) in [6.07, 6.45) is -3.94. The Labute approximate surface area is 227 Å². The molecule has 2 N–H and O–H groups in total. The number of nitrogens with two attached hydrogens (primary N) is 1. The second-order valence-corrected chi connectivity index (χ2v) is 8.70. The number of hydrogen-bond acceptors (Lipinski definition) is 6. The van der Waals surface area contributed by atoms with Gasteiger partial charge in [-0.15, -0.1) is 0 Å². The summed E-state index contributed by atoms with van der Waals surface area (Å²) >= 11 is 0. The summed E-state index contributed by atoms with van der Waals surface area (Å²) in [4.78, 5) is 25.1. The van der Waals surface area contributed by atoms with E-state index in [1.54, 1.807) is 49.7 Å². The van der Waals surface area contributed by atoms with Crippen LogP contribution in [-0.2, 0) is 6.54 Å². The van der Waals surface area contributed by atoms with Crippen LogP contribution in [0.3, 0.4) is 0 Å². The fourth-order valence-corrected chi connectivity index (χ4v) is 3.86. The van der Waals surface area contributed by atoms with Gasteiger partial charge in [-0.25, -0.2) is 9.69 Å². The minimum Gasteiger partial charge on any atom is -0.516 e. The fourth-order valence-electron chi connectivity index (χ4n) is 3.86. The van der Waals surface area contributed by atoms with Crippen molar-refractivity contribution < 1.29 is 27.4 Å². The molecular formula is C25H21B3F3N5O3. The van der Waals surface area contributed by atoms with Crippen LogP contribution < -0.4 is 25.0 Å². The van der Waals surface area contributed by atoms with Gasteiger partial charge in [0.2, 0.25) is 5.88 Å². The van der Waals surface area contributed by atoms with Gasteiger partial charge >= 0.3 is 12.2 Å². The minimum atomic E-state index is -4.38. The molecule has 6 radical (unpaired) electrons. The van der Waals surface area contributed by atoms with Crippen molar-refractivity contribution in [1.29, 1.82) is 0 Å². The largest absolute Gasteiger partial charge is 0.516 e. The molecule has 0 spiro atoms. The number of amides is 2. The standard InChI is InChI=1S/C25H21B3F3N5O3/c1-33-13-16-12-18(5-8-20(16)32)35-14-15-2-9-21(38-11-10-24(29,30)31)34-22(15)36(23(35)37)17-3-6-19(7-4-17)39-25(26,27)28/h2-9,12-13H,10-11,14,32H2,1H3. The zero-order valence-corrected chi connectivity index (χ0v) is 20.9. The molecule has 0 aliphatic carbocycles. The van der Waals surface area contributed by atoms with Crippen LogP contribution in [0.5, 0.6) is 11.6 Å². The molecule has 0 fully saturated rings. The molecule has 1 aliphatic heterocycles. The molecule has 1 aromatic heterocycles. The Morgan fingerprint density at radius 2 is 1.77 bits per heavy atom. The summed E-state index contributed by atoms with van der Waals surface area (Å²) in [6, 6.07) is 13.8. The maximum absolute atomic E-state index is 13.9. The SMILES string of the molecule is [B]C([B])([B])Oc1ccc(N2C(=O)N(c3ccc(N)c(C=NC)c3)Cc3ccc(OCCC(F)(F)F)nc32)cc1. The number of carbonyl (C=O) groups excluding carboxylic acids is 1. The number of fused-ring (bicyclic) bond motifs is 1. The number of nitrogen functional groups attached to an aromatic ring is 1. The third kappa shape index (κ3) is 6.87. The van der Waals surface area contributed by atoms with Crippen molar-refractivity contribution in [3.63, 3.8) is 0 Å². The molecule has 2 aromatic carbocycles.